The summed E-state index contributed by atoms with van der Waals surface area (Å²) in [5.74, 6) is -2.74. The first-order valence-electron chi connectivity index (χ1n) is 5.91. The molecule has 1 aromatic heterocycles. The van der Waals surface area contributed by atoms with E-state index < -0.39 is 24.4 Å². The Labute approximate surface area is 119 Å². The zero-order valence-corrected chi connectivity index (χ0v) is 10.7. The predicted molar refractivity (Wildman–Crippen MR) is 71.6 cm³/mol. The van der Waals surface area contributed by atoms with Crippen molar-refractivity contribution < 1.29 is 24.2 Å². The summed E-state index contributed by atoms with van der Waals surface area (Å²) < 4.78 is 13.1. The number of rotatable bonds is 4. The summed E-state index contributed by atoms with van der Waals surface area (Å²) in [6.45, 7) is -0.590. The Morgan fingerprint density at radius 2 is 1.86 bits per heavy atom. The third-order valence-corrected chi connectivity index (χ3v) is 2.67. The van der Waals surface area contributed by atoms with Gasteiger partial charge in [-0.15, -0.1) is 0 Å². The highest BCUT2D eigenvalue weighted by molar-refractivity contribution is 6.08. The Bertz CT molecular complexity index is 673. The number of aromatic nitrogens is 1. The molecule has 108 valence electrons. The minimum absolute atomic E-state index is 0.0168. The highest BCUT2D eigenvalue weighted by Crippen LogP contribution is 2.20. The van der Waals surface area contributed by atoms with Gasteiger partial charge in [0.05, 0.1) is 0 Å². The summed E-state index contributed by atoms with van der Waals surface area (Å²) in [5, 5.41) is 18.2. The minimum atomic E-state index is -1.22. The number of phenols is 1. The van der Waals surface area contributed by atoms with Crippen LogP contribution in [0.25, 0.3) is 0 Å². The van der Waals surface area contributed by atoms with Crippen LogP contribution in [0.4, 0.5) is 10.1 Å². The van der Waals surface area contributed by atoms with Gasteiger partial charge in [0.1, 0.15) is 12.3 Å². The van der Waals surface area contributed by atoms with E-state index in [4.69, 9.17) is 5.11 Å². The molecule has 0 atom stereocenters. The fourth-order valence-electron chi connectivity index (χ4n) is 1.74. The van der Waals surface area contributed by atoms with Crippen LogP contribution < -0.4 is 4.90 Å². The van der Waals surface area contributed by atoms with Crippen LogP contribution in [-0.4, -0.2) is 33.6 Å². The van der Waals surface area contributed by atoms with Crippen molar-refractivity contribution in [3.63, 3.8) is 0 Å². The number of nitrogens with zero attached hydrogens (tertiary/aromatic N) is 2. The van der Waals surface area contributed by atoms with Crippen molar-refractivity contribution in [3.05, 3.63) is 54.1 Å². The van der Waals surface area contributed by atoms with E-state index in [0.29, 0.717) is 0 Å². The third kappa shape index (κ3) is 3.53. The van der Waals surface area contributed by atoms with Gasteiger partial charge in [0, 0.05) is 23.5 Å². The first-order valence-corrected chi connectivity index (χ1v) is 5.91. The molecule has 0 aliphatic rings. The number of carboxylic acid groups (broad SMARTS) is 1. The van der Waals surface area contributed by atoms with E-state index >= 15 is 0 Å². The lowest BCUT2D eigenvalue weighted by Gasteiger charge is -2.21. The van der Waals surface area contributed by atoms with Gasteiger partial charge >= 0.3 is 5.97 Å². The number of aromatic hydroxyl groups is 1. The Morgan fingerprint density at radius 1 is 1.19 bits per heavy atom. The maximum atomic E-state index is 13.1. The Balaban J connectivity index is 2.38. The summed E-state index contributed by atoms with van der Waals surface area (Å²) in [6.07, 6.45) is 1.12. The number of benzene rings is 1. The number of carbonyl (C=O) groups is 2. The maximum absolute atomic E-state index is 13.1. The number of hydrogen-bond donors (Lipinski definition) is 2. The molecule has 1 amide bonds. The number of hydrogen-bond acceptors (Lipinski definition) is 4. The largest absolute Gasteiger partial charge is 0.508 e. The van der Waals surface area contributed by atoms with Crippen LogP contribution in [0.5, 0.6) is 5.75 Å². The van der Waals surface area contributed by atoms with Crippen LogP contribution in [0.2, 0.25) is 0 Å². The first kappa shape index (κ1) is 14.4. The van der Waals surface area contributed by atoms with E-state index in [2.05, 4.69) is 4.98 Å². The van der Waals surface area contributed by atoms with Crippen LogP contribution in [-0.2, 0) is 4.79 Å². The van der Waals surface area contributed by atoms with Gasteiger partial charge in [0.2, 0.25) is 5.95 Å². The highest BCUT2D eigenvalue weighted by Gasteiger charge is 2.21. The lowest BCUT2D eigenvalue weighted by atomic mass is 10.2. The van der Waals surface area contributed by atoms with Crippen molar-refractivity contribution in [2.45, 2.75) is 0 Å². The molecule has 1 heterocycles. The molecule has 2 aromatic rings. The molecule has 0 aliphatic carbocycles. The highest BCUT2D eigenvalue weighted by atomic mass is 19.1. The standard InChI is InChI=1S/C14H11FN2O4/c15-12-7-9(5-6-16-12)14(21)17(8-13(19)20)10-1-3-11(18)4-2-10/h1-7,18H,8H2,(H,19,20). The normalized spacial score (nSPS) is 10.1. The number of aliphatic carboxylic acids is 1. The summed E-state index contributed by atoms with van der Waals surface area (Å²) >= 11 is 0. The van der Waals surface area contributed by atoms with Crippen LogP contribution in [0.1, 0.15) is 10.4 Å². The van der Waals surface area contributed by atoms with Crippen molar-refractivity contribution >= 4 is 17.6 Å². The van der Waals surface area contributed by atoms with Gasteiger partial charge in [-0.2, -0.15) is 4.39 Å². The molecular weight excluding hydrogens is 279 g/mol. The lowest BCUT2D eigenvalue weighted by Crippen LogP contribution is -2.35. The van der Waals surface area contributed by atoms with Crippen LogP contribution in [0, 0.1) is 5.95 Å². The fraction of sp³-hybridized carbons (Fsp3) is 0.0714. The average molecular weight is 290 g/mol. The summed E-state index contributed by atoms with van der Waals surface area (Å²) in [7, 11) is 0. The Morgan fingerprint density at radius 3 is 2.43 bits per heavy atom. The third-order valence-electron chi connectivity index (χ3n) is 2.67. The Kier molecular flexibility index (Phi) is 4.13. The number of halogens is 1. The second-order valence-corrected chi connectivity index (χ2v) is 4.17. The molecule has 7 heteroatoms. The van der Waals surface area contributed by atoms with E-state index in [1.165, 1.54) is 30.3 Å². The zero-order valence-electron chi connectivity index (χ0n) is 10.7. The zero-order chi connectivity index (χ0) is 15.4. The maximum Gasteiger partial charge on any atom is 0.323 e. The topological polar surface area (TPSA) is 90.7 Å². The second-order valence-electron chi connectivity index (χ2n) is 4.17. The molecule has 0 radical (unpaired) electrons. The summed E-state index contributed by atoms with van der Waals surface area (Å²) in [6, 6.07) is 7.66. The van der Waals surface area contributed by atoms with E-state index in [1.807, 2.05) is 0 Å². The van der Waals surface area contributed by atoms with Gasteiger partial charge < -0.3 is 10.2 Å². The van der Waals surface area contributed by atoms with Crippen LogP contribution >= 0.6 is 0 Å². The molecule has 0 bridgehead atoms. The van der Waals surface area contributed by atoms with Gasteiger partial charge in [-0.25, -0.2) is 4.98 Å². The molecule has 1 aromatic carbocycles. The fourth-order valence-corrected chi connectivity index (χ4v) is 1.74. The van der Waals surface area contributed by atoms with Crippen molar-refractivity contribution in [2.24, 2.45) is 0 Å². The molecule has 0 aliphatic heterocycles. The number of carboxylic acids is 1. The smallest absolute Gasteiger partial charge is 0.323 e. The number of pyridine rings is 1. The molecule has 0 fully saturated rings. The van der Waals surface area contributed by atoms with Crippen LogP contribution in [0.15, 0.2) is 42.6 Å². The monoisotopic (exact) mass is 290 g/mol. The second kappa shape index (κ2) is 6.00. The van der Waals surface area contributed by atoms with Gasteiger partial charge in [0.25, 0.3) is 5.91 Å². The predicted octanol–water partition coefficient (Wildman–Crippen LogP) is 1.66. The van der Waals surface area contributed by atoms with Crippen molar-refractivity contribution in [3.8, 4) is 5.75 Å². The van der Waals surface area contributed by atoms with Gasteiger partial charge in [-0.1, -0.05) is 0 Å². The molecule has 2 rings (SSSR count). The number of anilines is 1. The molecule has 0 spiro atoms. The van der Waals surface area contributed by atoms with E-state index in [9.17, 15) is 19.1 Å². The molecule has 21 heavy (non-hydrogen) atoms. The van der Waals surface area contributed by atoms with Gasteiger partial charge in [-0.05, 0) is 30.3 Å². The SMILES string of the molecule is O=C(O)CN(C(=O)c1ccnc(F)c1)c1ccc(O)cc1. The summed E-state index contributed by atoms with van der Waals surface area (Å²) in [4.78, 5) is 27.6. The van der Waals surface area contributed by atoms with E-state index in [-0.39, 0.29) is 17.0 Å². The molecule has 0 unspecified atom stereocenters. The Hall–Kier alpha value is -2.96. The molecule has 6 nitrogen and oxygen atoms in total. The first-order chi connectivity index (χ1) is 9.97. The summed E-state index contributed by atoms with van der Waals surface area (Å²) in [5.41, 5.74) is 0.259. The van der Waals surface area contributed by atoms with Crippen LogP contribution in [0.3, 0.4) is 0 Å². The number of carbonyl (C=O) groups excluding carboxylic acids is 1. The van der Waals surface area contributed by atoms with Gasteiger partial charge in [0.15, 0.2) is 0 Å². The lowest BCUT2D eigenvalue weighted by molar-refractivity contribution is -0.135. The molecule has 0 saturated heterocycles. The number of phenolic OH excluding ortho intramolecular Hbond substituents is 1. The van der Waals surface area contributed by atoms with Crippen molar-refractivity contribution in [2.75, 3.05) is 11.4 Å². The van der Waals surface area contributed by atoms with E-state index in [0.717, 1.165) is 17.2 Å². The molecular formula is C14H11FN2O4. The van der Waals surface area contributed by atoms with Crippen molar-refractivity contribution in [1.82, 2.24) is 4.98 Å². The van der Waals surface area contributed by atoms with Gasteiger partial charge in [-0.3, -0.25) is 14.5 Å². The average Bonchev–Trinajstić information content (AvgIpc) is 2.45. The quantitative estimate of drug-likeness (QED) is 0.836. The minimum Gasteiger partial charge on any atom is -0.508 e. The molecule has 2 N–H and O–H groups in total. The number of amides is 1. The molecule has 0 saturated carbocycles. The van der Waals surface area contributed by atoms with E-state index in [1.54, 1.807) is 0 Å². The van der Waals surface area contributed by atoms with Crippen molar-refractivity contribution in [1.29, 1.82) is 0 Å².